The van der Waals surface area contributed by atoms with E-state index in [0.717, 1.165) is 14.2 Å². The number of nitrogens with zero attached hydrogens (tertiary/aromatic N) is 1. The van der Waals surface area contributed by atoms with Gasteiger partial charge in [-0.1, -0.05) is 23.2 Å². The molecule has 1 aromatic rings. The van der Waals surface area contributed by atoms with Crippen LogP contribution in [0, 0.1) is 0 Å². The second kappa shape index (κ2) is 7.73. The number of aromatic carboxylic acids is 1. The molecule has 1 heterocycles. The van der Waals surface area contributed by atoms with Gasteiger partial charge in [-0.2, -0.15) is 0 Å². The number of rotatable bonds is 4. The molecule has 134 valence electrons. The third-order valence-electron chi connectivity index (χ3n) is 3.38. The lowest BCUT2D eigenvalue weighted by molar-refractivity contribution is -0.140. The maximum absolute atomic E-state index is 12.2. The largest absolute Gasteiger partial charge is 0.478 e. The number of carbonyl (C=O) groups excluding carboxylic acids is 2. The van der Waals surface area contributed by atoms with E-state index in [-0.39, 0.29) is 45.9 Å². The van der Waals surface area contributed by atoms with Crippen molar-refractivity contribution in [1.82, 2.24) is 0 Å². The first-order chi connectivity index (χ1) is 11.8. The van der Waals surface area contributed by atoms with Crippen molar-refractivity contribution < 1.29 is 33.7 Å². The molecule has 0 aromatic heterocycles. The number of ether oxygens (including phenoxy) is 3. The highest BCUT2D eigenvalue weighted by Crippen LogP contribution is 2.37. The zero-order chi connectivity index (χ0) is 18.7. The second-order valence-electron chi connectivity index (χ2n) is 4.81. The van der Waals surface area contributed by atoms with Crippen LogP contribution in [-0.2, 0) is 23.8 Å². The van der Waals surface area contributed by atoms with Crippen molar-refractivity contribution in [2.24, 2.45) is 0 Å². The summed E-state index contributed by atoms with van der Waals surface area (Å²) in [7, 11) is 2.29. The molecule has 0 spiro atoms. The van der Waals surface area contributed by atoms with Crippen molar-refractivity contribution in [3.05, 3.63) is 39.0 Å². The zero-order valence-corrected chi connectivity index (χ0v) is 14.7. The standard InChI is InChI=1S/C15H13Cl2NO7/c1-23-14(21)8-5-25-6-18(12(8)15(22)24-2)10-4-7(13(19)20)3-9(16)11(10)17/h3-4H,5-6H2,1-2H3,(H,19,20). The highest BCUT2D eigenvalue weighted by atomic mass is 35.5. The van der Waals surface area contributed by atoms with Crippen LogP contribution in [0.4, 0.5) is 5.69 Å². The third-order valence-corrected chi connectivity index (χ3v) is 4.17. The van der Waals surface area contributed by atoms with Crippen molar-refractivity contribution in [2.75, 3.05) is 32.5 Å². The van der Waals surface area contributed by atoms with Crippen molar-refractivity contribution >= 4 is 46.8 Å². The van der Waals surface area contributed by atoms with Gasteiger partial charge in [0.15, 0.2) is 0 Å². The topological polar surface area (TPSA) is 102 Å². The summed E-state index contributed by atoms with van der Waals surface area (Å²) >= 11 is 12.1. The molecule has 2 rings (SSSR count). The number of esters is 2. The number of carboxylic acid groups (broad SMARTS) is 1. The maximum atomic E-state index is 12.2. The predicted molar refractivity (Wildman–Crippen MR) is 87.8 cm³/mol. The van der Waals surface area contributed by atoms with Crippen LogP contribution in [0.25, 0.3) is 0 Å². The molecule has 1 aromatic carbocycles. The molecule has 0 aliphatic carbocycles. The Morgan fingerprint density at radius 1 is 1.16 bits per heavy atom. The molecular formula is C15H13Cl2NO7. The molecule has 1 aliphatic rings. The van der Waals surface area contributed by atoms with Gasteiger partial charge in [-0.25, -0.2) is 14.4 Å². The van der Waals surface area contributed by atoms with E-state index in [1.807, 2.05) is 0 Å². The summed E-state index contributed by atoms with van der Waals surface area (Å²) in [5, 5.41) is 9.15. The summed E-state index contributed by atoms with van der Waals surface area (Å²) in [5.74, 6) is -2.87. The summed E-state index contributed by atoms with van der Waals surface area (Å²) in [6.07, 6.45) is 0. The van der Waals surface area contributed by atoms with Gasteiger partial charge in [0, 0.05) is 0 Å². The van der Waals surface area contributed by atoms with E-state index in [4.69, 9.17) is 32.7 Å². The summed E-state index contributed by atoms with van der Waals surface area (Å²) in [5.41, 5.74) is -0.332. The first-order valence-corrected chi connectivity index (χ1v) is 7.54. The van der Waals surface area contributed by atoms with Crippen LogP contribution < -0.4 is 4.90 Å². The van der Waals surface area contributed by atoms with Crippen molar-refractivity contribution in [1.29, 1.82) is 0 Å². The molecule has 10 heteroatoms. The number of carbonyl (C=O) groups is 3. The van der Waals surface area contributed by atoms with Gasteiger partial charge in [-0.3, -0.25) is 0 Å². The van der Waals surface area contributed by atoms with Gasteiger partial charge in [0.1, 0.15) is 12.4 Å². The molecule has 8 nitrogen and oxygen atoms in total. The van der Waals surface area contributed by atoms with Gasteiger partial charge in [0.05, 0.1) is 47.7 Å². The smallest absolute Gasteiger partial charge is 0.355 e. The number of benzene rings is 1. The Morgan fingerprint density at radius 2 is 1.80 bits per heavy atom. The fourth-order valence-electron chi connectivity index (χ4n) is 2.23. The Hall–Kier alpha value is -2.29. The van der Waals surface area contributed by atoms with Crippen LogP contribution in [0.1, 0.15) is 10.4 Å². The van der Waals surface area contributed by atoms with Crippen LogP contribution >= 0.6 is 23.2 Å². The molecule has 1 N–H and O–H groups in total. The molecule has 0 unspecified atom stereocenters. The number of hydrogen-bond acceptors (Lipinski definition) is 7. The number of anilines is 1. The monoisotopic (exact) mass is 389 g/mol. The van der Waals surface area contributed by atoms with Crippen LogP contribution in [-0.4, -0.2) is 50.6 Å². The molecule has 25 heavy (non-hydrogen) atoms. The summed E-state index contributed by atoms with van der Waals surface area (Å²) < 4.78 is 14.7. The van der Waals surface area contributed by atoms with Gasteiger partial charge < -0.3 is 24.2 Å². The van der Waals surface area contributed by atoms with Crippen LogP contribution in [0.15, 0.2) is 23.4 Å². The molecule has 0 fully saturated rings. The van der Waals surface area contributed by atoms with E-state index >= 15 is 0 Å². The Bertz CT molecular complexity index is 775. The van der Waals surface area contributed by atoms with Crippen LogP contribution in [0.3, 0.4) is 0 Å². The number of hydrogen-bond donors (Lipinski definition) is 1. The molecule has 0 saturated carbocycles. The van der Waals surface area contributed by atoms with Gasteiger partial charge >= 0.3 is 17.9 Å². The minimum absolute atomic E-state index is 0.0113. The summed E-state index contributed by atoms with van der Waals surface area (Å²) in [6.45, 7) is -0.359. The van der Waals surface area contributed by atoms with E-state index in [1.165, 1.54) is 17.0 Å². The molecular weight excluding hydrogens is 377 g/mol. The molecule has 0 bridgehead atoms. The molecule has 0 saturated heterocycles. The predicted octanol–water partition coefficient (Wildman–Crippen LogP) is 2.09. The Kier molecular flexibility index (Phi) is 5.89. The lowest BCUT2D eigenvalue weighted by Gasteiger charge is -2.32. The lowest BCUT2D eigenvalue weighted by atomic mass is 10.1. The van der Waals surface area contributed by atoms with Gasteiger partial charge in [0.2, 0.25) is 0 Å². The molecule has 0 radical (unpaired) electrons. The van der Waals surface area contributed by atoms with E-state index in [2.05, 4.69) is 4.74 Å². The SMILES string of the molecule is COC(=O)C1=C(C(=O)OC)N(c2cc(C(=O)O)cc(Cl)c2Cl)COC1. The fourth-order valence-corrected chi connectivity index (χ4v) is 2.65. The first-order valence-electron chi connectivity index (χ1n) is 6.79. The highest BCUT2D eigenvalue weighted by molar-refractivity contribution is 6.44. The number of methoxy groups -OCH3 is 2. The van der Waals surface area contributed by atoms with E-state index < -0.39 is 17.9 Å². The minimum atomic E-state index is -1.24. The van der Waals surface area contributed by atoms with Gasteiger partial charge in [0.25, 0.3) is 0 Å². The van der Waals surface area contributed by atoms with Gasteiger partial charge in [-0.15, -0.1) is 0 Å². The number of halogens is 2. The Labute approximate surface area is 152 Å². The average molecular weight is 390 g/mol. The highest BCUT2D eigenvalue weighted by Gasteiger charge is 2.34. The van der Waals surface area contributed by atoms with Crippen molar-refractivity contribution in [2.45, 2.75) is 0 Å². The summed E-state index contributed by atoms with van der Waals surface area (Å²) in [4.78, 5) is 36.6. The molecule has 1 aliphatic heterocycles. The second-order valence-corrected chi connectivity index (χ2v) is 5.60. The zero-order valence-electron chi connectivity index (χ0n) is 13.2. The third kappa shape index (κ3) is 3.71. The Morgan fingerprint density at radius 3 is 2.36 bits per heavy atom. The van der Waals surface area contributed by atoms with Crippen LogP contribution in [0.2, 0.25) is 10.0 Å². The quantitative estimate of drug-likeness (QED) is 0.780. The van der Waals surface area contributed by atoms with Crippen molar-refractivity contribution in [3.8, 4) is 0 Å². The van der Waals surface area contributed by atoms with Crippen molar-refractivity contribution in [3.63, 3.8) is 0 Å². The molecule has 0 atom stereocenters. The van der Waals surface area contributed by atoms with E-state index in [0.29, 0.717) is 0 Å². The van der Waals surface area contributed by atoms with E-state index in [9.17, 15) is 19.5 Å². The minimum Gasteiger partial charge on any atom is -0.478 e. The maximum Gasteiger partial charge on any atom is 0.355 e. The first kappa shape index (κ1) is 19.0. The van der Waals surface area contributed by atoms with Gasteiger partial charge in [-0.05, 0) is 12.1 Å². The molecule has 0 amide bonds. The van der Waals surface area contributed by atoms with E-state index in [1.54, 1.807) is 0 Å². The summed E-state index contributed by atoms with van der Waals surface area (Å²) in [6, 6.07) is 2.38. The average Bonchev–Trinajstić information content (AvgIpc) is 2.61. The van der Waals surface area contributed by atoms with Crippen LogP contribution in [0.5, 0.6) is 0 Å². The lowest BCUT2D eigenvalue weighted by Crippen LogP contribution is -2.39. The Balaban J connectivity index is 2.69. The number of carboxylic acids is 1. The fraction of sp³-hybridized carbons (Fsp3) is 0.267. The normalized spacial score (nSPS) is 14.3.